The van der Waals surface area contributed by atoms with E-state index in [0.717, 1.165) is 29.6 Å². The van der Waals surface area contributed by atoms with Crippen LogP contribution < -0.4 is 20.7 Å². The number of alkyl halides is 3. The highest BCUT2D eigenvalue weighted by Gasteiger charge is 2.38. The number of halogens is 4. The molecular weight excluding hydrogens is 575 g/mol. The first-order chi connectivity index (χ1) is 19.9. The van der Waals surface area contributed by atoms with Crippen LogP contribution in [0.5, 0.6) is 5.75 Å². The number of rotatable bonds is 12. The molecular formula is C29H35ClF3N5O4. The van der Waals surface area contributed by atoms with E-state index in [0.29, 0.717) is 13.0 Å². The zero-order valence-corrected chi connectivity index (χ0v) is 24.5. The van der Waals surface area contributed by atoms with Crippen LogP contribution in [-0.4, -0.2) is 58.6 Å². The van der Waals surface area contributed by atoms with Gasteiger partial charge in [-0.1, -0.05) is 35.9 Å². The van der Waals surface area contributed by atoms with Gasteiger partial charge in [-0.2, -0.15) is 13.2 Å². The molecule has 1 aromatic heterocycles. The van der Waals surface area contributed by atoms with Crippen molar-refractivity contribution in [2.45, 2.75) is 64.5 Å². The van der Waals surface area contributed by atoms with Crippen molar-refractivity contribution in [1.82, 2.24) is 25.5 Å². The molecule has 1 heterocycles. The number of imidazole rings is 1. The lowest BCUT2D eigenvalue weighted by molar-refractivity contribution is -0.189. The molecule has 0 fully saturated rings. The molecule has 0 aliphatic heterocycles. The molecule has 2 aromatic carbocycles. The molecule has 4 N–H and O–H groups in total. The highest BCUT2D eigenvalue weighted by Crippen LogP contribution is 2.31. The Bertz CT molecular complexity index is 1360. The molecule has 3 aromatic rings. The van der Waals surface area contributed by atoms with E-state index in [4.69, 9.17) is 21.3 Å². The number of carbonyl (C=O) groups excluding carboxylic acids is 2. The van der Waals surface area contributed by atoms with Crippen LogP contribution in [0.3, 0.4) is 0 Å². The van der Waals surface area contributed by atoms with Crippen LogP contribution in [0.15, 0.2) is 48.7 Å². The summed E-state index contributed by atoms with van der Waals surface area (Å²) in [7, 11) is 1.55. The number of aliphatic hydroxyl groups excluding tert-OH is 1. The van der Waals surface area contributed by atoms with E-state index in [1.54, 1.807) is 7.05 Å². The Morgan fingerprint density at radius 3 is 2.38 bits per heavy atom. The number of nitrogens with one attached hydrogen (secondary N) is 3. The van der Waals surface area contributed by atoms with Crippen molar-refractivity contribution < 1.29 is 32.6 Å². The number of urea groups is 1. The summed E-state index contributed by atoms with van der Waals surface area (Å²) in [5.41, 5.74) is 2.68. The second kappa shape index (κ2) is 14.4. The zero-order valence-electron chi connectivity index (χ0n) is 23.8. The third-order valence-electron chi connectivity index (χ3n) is 6.61. The fourth-order valence-electron chi connectivity index (χ4n) is 4.24. The second-order valence-corrected chi connectivity index (χ2v) is 10.2. The van der Waals surface area contributed by atoms with Gasteiger partial charge in [0.1, 0.15) is 11.6 Å². The number of aryl methyl sites for hydroxylation is 1. The number of benzene rings is 2. The number of amides is 3. The second-order valence-electron chi connectivity index (χ2n) is 9.75. The van der Waals surface area contributed by atoms with Gasteiger partial charge >= 0.3 is 12.2 Å². The number of nitrogens with zero attached hydrogens (tertiary/aromatic N) is 2. The summed E-state index contributed by atoms with van der Waals surface area (Å²) >= 11 is 6.09. The summed E-state index contributed by atoms with van der Waals surface area (Å²) in [6.07, 6.45) is -3.99. The van der Waals surface area contributed by atoms with Gasteiger partial charge in [0.2, 0.25) is 0 Å². The summed E-state index contributed by atoms with van der Waals surface area (Å²) < 4.78 is 45.3. The summed E-state index contributed by atoms with van der Waals surface area (Å²) in [6, 6.07) is 10.4. The summed E-state index contributed by atoms with van der Waals surface area (Å²) in [6.45, 7) is 5.23. The Balaban J connectivity index is 1.69. The Morgan fingerprint density at radius 2 is 1.81 bits per heavy atom. The Labute approximate surface area is 247 Å². The predicted octanol–water partition coefficient (Wildman–Crippen LogP) is 5.27. The van der Waals surface area contributed by atoms with Crippen molar-refractivity contribution in [3.05, 3.63) is 70.6 Å². The fraction of sp³-hybridized carbons (Fsp3) is 0.414. The molecule has 0 radical (unpaired) electrons. The van der Waals surface area contributed by atoms with Gasteiger partial charge in [-0.15, -0.1) is 0 Å². The Morgan fingerprint density at radius 1 is 1.12 bits per heavy atom. The highest BCUT2D eigenvalue weighted by atomic mass is 35.5. The molecule has 0 aliphatic carbocycles. The third kappa shape index (κ3) is 8.62. The number of aromatic nitrogens is 2. The van der Waals surface area contributed by atoms with E-state index in [1.807, 2.05) is 48.9 Å². The molecule has 0 aliphatic rings. The molecule has 13 heteroatoms. The maximum Gasteiger partial charge on any atom is 0.425 e. The molecule has 3 atom stereocenters. The molecule has 0 saturated heterocycles. The van der Waals surface area contributed by atoms with Crippen LogP contribution in [0.4, 0.5) is 18.0 Å². The number of hydrogen-bond donors (Lipinski definition) is 4. The van der Waals surface area contributed by atoms with E-state index in [9.17, 15) is 27.9 Å². The molecule has 3 amide bonds. The lowest BCUT2D eigenvalue weighted by Gasteiger charge is -2.20. The van der Waals surface area contributed by atoms with E-state index in [1.165, 1.54) is 18.2 Å². The fourth-order valence-corrected chi connectivity index (χ4v) is 4.47. The van der Waals surface area contributed by atoms with Crippen molar-refractivity contribution in [1.29, 1.82) is 0 Å². The highest BCUT2D eigenvalue weighted by molar-refractivity contribution is 6.32. The Hall–Kier alpha value is -3.77. The van der Waals surface area contributed by atoms with Gasteiger partial charge in [0.05, 0.1) is 16.8 Å². The van der Waals surface area contributed by atoms with E-state index < -0.39 is 24.2 Å². The smallest absolute Gasteiger partial charge is 0.425 e. The lowest BCUT2D eigenvalue weighted by Crippen LogP contribution is -2.37. The van der Waals surface area contributed by atoms with Gasteiger partial charge in [0.15, 0.2) is 6.10 Å². The molecule has 0 saturated carbocycles. The van der Waals surface area contributed by atoms with E-state index in [2.05, 4.69) is 16.0 Å². The number of hydrogen-bond acceptors (Lipinski definition) is 5. The minimum Gasteiger partial charge on any atom is -0.480 e. The van der Waals surface area contributed by atoms with Crippen LogP contribution >= 0.6 is 11.6 Å². The summed E-state index contributed by atoms with van der Waals surface area (Å²) in [5, 5.41) is 17.7. The molecule has 0 bridgehead atoms. The first kappa shape index (κ1) is 32.7. The van der Waals surface area contributed by atoms with Gasteiger partial charge in [-0.3, -0.25) is 4.79 Å². The van der Waals surface area contributed by atoms with E-state index >= 15 is 0 Å². The van der Waals surface area contributed by atoms with Gasteiger partial charge in [-0.05, 0) is 57.4 Å². The molecule has 3 rings (SSSR count). The summed E-state index contributed by atoms with van der Waals surface area (Å²) in [4.78, 5) is 29.4. The standard InChI is InChI=1S/C29H35ClF3N5O4/c1-5-38-16-24(37-26(38)17(2)35-28(41)34-4)20-8-6-19(7-9-20)14-22(12-13-39)36-27(40)21-10-11-25(23(30)15-21)42-18(3)29(31,32)33/h6-11,15-18,22,39H,5,12-14H2,1-4H3,(H,36,40)(H2,34,35,41). The van der Waals surface area contributed by atoms with Crippen molar-refractivity contribution in [2.75, 3.05) is 13.7 Å². The van der Waals surface area contributed by atoms with Crippen molar-refractivity contribution in [3.8, 4) is 17.0 Å². The van der Waals surface area contributed by atoms with Crippen LogP contribution in [0.2, 0.25) is 5.02 Å². The largest absolute Gasteiger partial charge is 0.480 e. The number of ether oxygens (including phenoxy) is 1. The molecule has 9 nitrogen and oxygen atoms in total. The van der Waals surface area contributed by atoms with Gasteiger partial charge in [0, 0.05) is 43.6 Å². The predicted molar refractivity (Wildman–Crippen MR) is 154 cm³/mol. The van der Waals surface area contributed by atoms with Crippen LogP contribution in [0.1, 0.15) is 55.0 Å². The number of aliphatic hydroxyl groups is 1. The SMILES string of the molecule is CCn1cc(-c2ccc(CC(CCO)NC(=O)c3ccc(OC(C)C(F)(F)F)c(Cl)c3)cc2)nc1C(C)NC(=O)NC. The van der Waals surface area contributed by atoms with Crippen LogP contribution in [0, 0.1) is 0 Å². The summed E-state index contributed by atoms with van der Waals surface area (Å²) in [5.74, 6) is 0.0538. The third-order valence-corrected chi connectivity index (χ3v) is 6.91. The average molecular weight is 610 g/mol. The van der Waals surface area contributed by atoms with E-state index in [-0.39, 0.29) is 41.4 Å². The van der Waals surface area contributed by atoms with Crippen LogP contribution in [-0.2, 0) is 13.0 Å². The van der Waals surface area contributed by atoms with Crippen LogP contribution in [0.25, 0.3) is 11.3 Å². The Kier molecular flexibility index (Phi) is 11.2. The monoisotopic (exact) mass is 609 g/mol. The zero-order chi connectivity index (χ0) is 31.0. The van der Waals surface area contributed by atoms with Gasteiger partial charge in [0.25, 0.3) is 5.91 Å². The molecule has 42 heavy (non-hydrogen) atoms. The maximum atomic E-state index is 12.9. The minimum atomic E-state index is -4.56. The van der Waals surface area contributed by atoms with Gasteiger partial charge in [-0.25, -0.2) is 9.78 Å². The minimum absolute atomic E-state index is 0.125. The van der Waals surface area contributed by atoms with Gasteiger partial charge < -0.3 is 30.4 Å². The van der Waals surface area contributed by atoms with Crippen molar-refractivity contribution >= 4 is 23.5 Å². The lowest BCUT2D eigenvalue weighted by atomic mass is 10.0. The topological polar surface area (TPSA) is 118 Å². The normalized spacial score (nSPS) is 13.6. The molecule has 228 valence electrons. The molecule has 0 spiro atoms. The molecule has 3 unspecified atom stereocenters. The average Bonchev–Trinajstić information content (AvgIpc) is 3.38. The first-order valence-corrected chi connectivity index (χ1v) is 13.8. The first-order valence-electron chi connectivity index (χ1n) is 13.5. The number of carbonyl (C=O) groups is 2. The van der Waals surface area contributed by atoms with Crippen molar-refractivity contribution in [2.24, 2.45) is 0 Å². The maximum absolute atomic E-state index is 12.9. The van der Waals surface area contributed by atoms with Crippen molar-refractivity contribution in [3.63, 3.8) is 0 Å². The quantitative estimate of drug-likeness (QED) is 0.223.